The molecule has 5 heteroatoms. The van der Waals surface area contributed by atoms with Gasteiger partial charge in [-0.2, -0.15) is 0 Å². The van der Waals surface area contributed by atoms with E-state index in [0.29, 0.717) is 13.1 Å². The van der Waals surface area contributed by atoms with Crippen molar-refractivity contribution in [1.29, 1.82) is 0 Å². The highest BCUT2D eigenvalue weighted by Crippen LogP contribution is 2.25. The lowest BCUT2D eigenvalue weighted by Gasteiger charge is -2.35. The zero-order valence-corrected chi connectivity index (χ0v) is 17.3. The molecule has 0 saturated carbocycles. The number of anilines is 1. The summed E-state index contributed by atoms with van der Waals surface area (Å²) in [7, 11) is 0. The summed E-state index contributed by atoms with van der Waals surface area (Å²) in [5.41, 5.74) is 5.31. The van der Waals surface area contributed by atoms with Crippen LogP contribution in [0.1, 0.15) is 0 Å². The third-order valence-corrected chi connectivity index (χ3v) is 5.74. The summed E-state index contributed by atoms with van der Waals surface area (Å²) in [6, 6.07) is 28.9. The monoisotopic (exact) mass is 408 g/mol. The zero-order chi connectivity index (χ0) is 21.0. The number of carbonyl (C=O) groups excluding carboxylic acids is 1. The molecule has 0 radical (unpaired) electrons. The number of aromatic nitrogens is 2. The van der Waals surface area contributed by atoms with Gasteiger partial charge < -0.3 is 9.80 Å². The van der Waals surface area contributed by atoms with Crippen LogP contribution in [0.15, 0.2) is 97.5 Å². The Bertz CT molecular complexity index is 1160. The van der Waals surface area contributed by atoms with Crippen LogP contribution >= 0.6 is 0 Å². The largest absolute Gasteiger partial charge is 0.368 e. The van der Waals surface area contributed by atoms with Gasteiger partial charge >= 0.3 is 6.03 Å². The lowest BCUT2D eigenvalue weighted by molar-refractivity contribution is 0.196. The summed E-state index contributed by atoms with van der Waals surface area (Å²) in [6.07, 6.45) is 3.45. The third-order valence-electron chi connectivity index (χ3n) is 5.74. The third kappa shape index (κ3) is 4.08. The lowest BCUT2D eigenvalue weighted by Crippen LogP contribution is -2.49. The average molecular weight is 409 g/mol. The molecule has 0 spiro atoms. The highest BCUT2D eigenvalue weighted by Gasteiger charge is 2.22. The van der Waals surface area contributed by atoms with E-state index >= 15 is 0 Å². The van der Waals surface area contributed by atoms with Crippen LogP contribution in [0, 0.1) is 0 Å². The standard InChI is InChI=1S/C26H24N4O/c31-26(29-16-14-28(15-17-29)24-12-5-2-6-13-24)30-19-25(27-20-30)23-11-7-10-22(18-23)21-8-3-1-4-9-21/h1-13,18-20H,14-17H2. The predicted molar refractivity (Wildman–Crippen MR) is 124 cm³/mol. The van der Waals surface area contributed by atoms with E-state index in [4.69, 9.17) is 0 Å². The van der Waals surface area contributed by atoms with E-state index < -0.39 is 0 Å². The Balaban J connectivity index is 1.28. The number of hydrogen-bond donors (Lipinski definition) is 0. The van der Waals surface area contributed by atoms with Gasteiger partial charge in [0, 0.05) is 43.6 Å². The molecule has 5 nitrogen and oxygen atoms in total. The maximum Gasteiger partial charge on any atom is 0.329 e. The van der Waals surface area contributed by atoms with Crippen molar-refractivity contribution in [1.82, 2.24) is 14.5 Å². The molecular formula is C26H24N4O. The molecule has 5 rings (SSSR count). The van der Waals surface area contributed by atoms with Gasteiger partial charge in [-0.3, -0.25) is 4.57 Å². The van der Waals surface area contributed by atoms with Crippen LogP contribution in [-0.4, -0.2) is 46.7 Å². The number of para-hydroxylation sites is 1. The molecule has 1 aliphatic heterocycles. The normalized spacial score (nSPS) is 13.9. The van der Waals surface area contributed by atoms with Gasteiger partial charge in [0.15, 0.2) is 0 Å². The summed E-state index contributed by atoms with van der Waals surface area (Å²) in [4.78, 5) is 21.7. The van der Waals surface area contributed by atoms with Crippen molar-refractivity contribution in [2.24, 2.45) is 0 Å². The fourth-order valence-corrected chi connectivity index (χ4v) is 4.02. The first kappa shape index (κ1) is 19.1. The molecule has 2 heterocycles. The maximum atomic E-state index is 13.0. The Hall–Kier alpha value is -3.86. The molecule has 1 aromatic heterocycles. The number of rotatable bonds is 3. The first-order valence-electron chi connectivity index (χ1n) is 10.6. The Morgan fingerprint density at radius 1 is 0.710 bits per heavy atom. The highest BCUT2D eigenvalue weighted by atomic mass is 16.2. The number of amides is 1. The molecule has 31 heavy (non-hydrogen) atoms. The fourth-order valence-electron chi connectivity index (χ4n) is 4.02. The van der Waals surface area contributed by atoms with Gasteiger partial charge in [0.25, 0.3) is 0 Å². The molecule has 0 atom stereocenters. The molecule has 1 amide bonds. The molecule has 0 N–H and O–H groups in total. The molecule has 0 unspecified atom stereocenters. The van der Waals surface area contributed by atoms with E-state index in [-0.39, 0.29) is 6.03 Å². The van der Waals surface area contributed by atoms with Crippen LogP contribution in [0.3, 0.4) is 0 Å². The summed E-state index contributed by atoms with van der Waals surface area (Å²) in [5.74, 6) is 0. The van der Waals surface area contributed by atoms with Gasteiger partial charge in [-0.1, -0.05) is 66.7 Å². The Morgan fingerprint density at radius 2 is 1.35 bits per heavy atom. The maximum absolute atomic E-state index is 13.0. The smallest absolute Gasteiger partial charge is 0.329 e. The first-order valence-corrected chi connectivity index (χ1v) is 10.6. The van der Waals surface area contributed by atoms with Crippen LogP contribution in [0.25, 0.3) is 22.4 Å². The minimum atomic E-state index is -0.0225. The van der Waals surface area contributed by atoms with Crippen LogP contribution in [0.5, 0.6) is 0 Å². The number of nitrogens with zero attached hydrogens (tertiary/aromatic N) is 4. The molecule has 1 aliphatic rings. The second-order valence-corrected chi connectivity index (χ2v) is 7.71. The summed E-state index contributed by atoms with van der Waals surface area (Å²) >= 11 is 0. The molecule has 1 saturated heterocycles. The first-order chi connectivity index (χ1) is 15.3. The van der Waals surface area contributed by atoms with Crippen LogP contribution in [0.4, 0.5) is 10.5 Å². The Labute approximate surface area is 182 Å². The molecule has 3 aromatic carbocycles. The quantitative estimate of drug-likeness (QED) is 0.479. The van der Waals surface area contributed by atoms with Gasteiger partial charge in [-0.15, -0.1) is 0 Å². The lowest BCUT2D eigenvalue weighted by atomic mass is 10.0. The van der Waals surface area contributed by atoms with Crippen LogP contribution in [-0.2, 0) is 0 Å². The predicted octanol–water partition coefficient (Wildman–Crippen LogP) is 5.01. The second-order valence-electron chi connectivity index (χ2n) is 7.71. The number of hydrogen-bond acceptors (Lipinski definition) is 3. The number of benzene rings is 3. The van der Waals surface area contributed by atoms with E-state index in [1.165, 1.54) is 5.69 Å². The molecular weight excluding hydrogens is 384 g/mol. The topological polar surface area (TPSA) is 41.4 Å². The summed E-state index contributed by atoms with van der Waals surface area (Å²) in [6.45, 7) is 3.06. The SMILES string of the molecule is O=C(N1CCN(c2ccccc2)CC1)n1cnc(-c2cccc(-c3ccccc3)c2)c1. The minimum Gasteiger partial charge on any atom is -0.368 e. The Morgan fingerprint density at radius 3 is 2.10 bits per heavy atom. The zero-order valence-electron chi connectivity index (χ0n) is 17.3. The molecule has 1 fully saturated rings. The van der Waals surface area contributed by atoms with E-state index in [1.54, 1.807) is 10.9 Å². The minimum absolute atomic E-state index is 0.0225. The van der Waals surface area contributed by atoms with Gasteiger partial charge in [-0.05, 0) is 29.3 Å². The van der Waals surface area contributed by atoms with Crippen molar-refractivity contribution < 1.29 is 4.79 Å². The summed E-state index contributed by atoms with van der Waals surface area (Å²) in [5, 5.41) is 0. The highest BCUT2D eigenvalue weighted by molar-refractivity contribution is 5.79. The van der Waals surface area contributed by atoms with Crippen molar-refractivity contribution in [3.05, 3.63) is 97.5 Å². The van der Waals surface area contributed by atoms with Crippen LogP contribution in [0.2, 0.25) is 0 Å². The van der Waals surface area contributed by atoms with Crippen molar-refractivity contribution >= 4 is 11.7 Å². The van der Waals surface area contributed by atoms with E-state index in [2.05, 4.69) is 46.3 Å². The molecule has 0 aliphatic carbocycles. The van der Waals surface area contributed by atoms with Crippen molar-refractivity contribution in [2.75, 3.05) is 31.1 Å². The number of imidazole rings is 1. The molecule has 154 valence electrons. The summed E-state index contributed by atoms with van der Waals surface area (Å²) < 4.78 is 1.60. The van der Waals surface area contributed by atoms with Crippen molar-refractivity contribution in [3.63, 3.8) is 0 Å². The van der Waals surface area contributed by atoms with Crippen molar-refractivity contribution in [2.45, 2.75) is 0 Å². The number of piperazine rings is 1. The fraction of sp³-hybridized carbons (Fsp3) is 0.154. The van der Waals surface area contributed by atoms with Gasteiger partial charge in [0.2, 0.25) is 0 Å². The Kier molecular flexibility index (Phi) is 5.23. The van der Waals surface area contributed by atoms with E-state index in [1.807, 2.05) is 59.6 Å². The van der Waals surface area contributed by atoms with Gasteiger partial charge in [0.05, 0.1) is 5.69 Å². The van der Waals surface area contributed by atoms with E-state index in [9.17, 15) is 4.79 Å². The molecule has 4 aromatic rings. The second kappa shape index (κ2) is 8.48. The van der Waals surface area contributed by atoms with Crippen molar-refractivity contribution in [3.8, 4) is 22.4 Å². The van der Waals surface area contributed by atoms with Gasteiger partial charge in [-0.25, -0.2) is 9.78 Å². The van der Waals surface area contributed by atoms with Gasteiger partial charge in [0.1, 0.15) is 6.33 Å². The average Bonchev–Trinajstić information content (AvgIpc) is 3.35. The molecule has 0 bridgehead atoms. The van der Waals surface area contributed by atoms with E-state index in [0.717, 1.165) is 35.5 Å². The number of carbonyl (C=O) groups is 1. The van der Waals surface area contributed by atoms with Crippen LogP contribution < -0.4 is 4.90 Å².